The van der Waals surface area contributed by atoms with Gasteiger partial charge >= 0.3 is 0 Å². The van der Waals surface area contributed by atoms with E-state index in [1.165, 1.54) is 4.68 Å². The Hall–Kier alpha value is -5.05. The number of aromatic nitrogens is 2. The van der Waals surface area contributed by atoms with Crippen LogP contribution in [0, 0.1) is 0 Å². The Morgan fingerprint density at radius 2 is 1.76 bits per heavy atom. The number of hydrogen-bond donors (Lipinski definition) is 0. The number of furan rings is 1. The molecule has 0 saturated carbocycles. The molecule has 0 fully saturated rings. The first-order chi connectivity index (χ1) is 21.9. The molecule has 0 N–H and O–H groups in total. The maximum atomic E-state index is 13.8. The van der Waals surface area contributed by atoms with E-state index in [-0.39, 0.29) is 18.0 Å². The quantitative estimate of drug-likeness (QED) is 0.111. The highest BCUT2D eigenvalue weighted by Crippen LogP contribution is 2.35. The number of nitrogens with zero attached hydrogens (tertiary/aromatic N) is 3. The Morgan fingerprint density at radius 1 is 0.933 bits per heavy atom. The van der Waals surface area contributed by atoms with Crippen LogP contribution in [-0.4, -0.2) is 30.1 Å². The summed E-state index contributed by atoms with van der Waals surface area (Å²) < 4.78 is 24.8. The molecule has 0 aliphatic rings. The number of rotatable bonds is 10. The molecule has 10 heteroatoms. The second kappa shape index (κ2) is 12.9. The summed E-state index contributed by atoms with van der Waals surface area (Å²) in [5.41, 5.74) is 3.02. The molecule has 45 heavy (non-hydrogen) atoms. The standard InChI is InChI=1S/C35H27Cl2N3O5/c1-4-8-22-15-21(16-31(43-3)33(22)44-20-23-13-14-24(36)17-27(23)37)19-38-40-34(39-28-10-6-5-9-25(28)35(40)41)32-18-26-29(42-2)11-7-12-30(26)45-32/h4-7,9-19H,1,8,20H2,2-3H3. The largest absolute Gasteiger partial charge is 0.496 e. The number of fused-ring (bicyclic) bond motifs is 2. The lowest BCUT2D eigenvalue weighted by molar-refractivity contribution is 0.282. The summed E-state index contributed by atoms with van der Waals surface area (Å²) in [5.74, 6) is 2.27. The lowest BCUT2D eigenvalue weighted by Crippen LogP contribution is -2.20. The highest BCUT2D eigenvalue weighted by Gasteiger charge is 2.19. The van der Waals surface area contributed by atoms with Gasteiger partial charge in [-0.15, -0.1) is 6.58 Å². The zero-order valence-electron chi connectivity index (χ0n) is 24.4. The van der Waals surface area contributed by atoms with Crippen molar-refractivity contribution < 1.29 is 18.6 Å². The summed E-state index contributed by atoms with van der Waals surface area (Å²) in [6.07, 6.45) is 3.83. The lowest BCUT2D eigenvalue weighted by atomic mass is 10.1. The fourth-order valence-electron chi connectivity index (χ4n) is 5.01. The monoisotopic (exact) mass is 639 g/mol. The SMILES string of the molecule is C=CCc1cc(C=Nn2c(-c3cc4c(OC)cccc4o3)nc3ccccc3c2=O)cc(OC)c1OCc1ccc(Cl)cc1Cl. The van der Waals surface area contributed by atoms with Gasteiger partial charge in [0.25, 0.3) is 5.56 Å². The maximum Gasteiger partial charge on any atom is 0.282 e. The molecule has 6 aromatic rings. The summed E-state index contributed by atoms with van der Waals surface area (Å²) in [6, 6.07) is 23.3. The molecule has 0 amide bonds. The van der Waals surface area contributed by atoms with Gasteiger partial charge < -0.3 is 18.6 Å². The topological polar surface area (TPSA) is 88.1 Å². The predicted octanol–water partition coefficient (Wildman–Crippen LogP) is 8.32. The lowest BCUT2D eigenvalue weighted by Gasteiger charge is -2.16. The van der Waals surface area contributed by atoms with Crippen LogP contribution >= 0.6 is 23.2 Å². The zero-order chi connectivity index (χ0) is 31.5. The minimum atomic E-state index is -0.350. The van der Waals surface area contributed by atoms with E-state index in [9.17, 15) is 4.79 Å². The molecule has 0 atom stereocenters. The minimum Gasteiger partial charge on any atom is -0.496 e. The van der Waals surface area contributed by atoms with Crippen LogP contribution in [0.2, 0.25) is 10.0 Å². The maximum absolute atomic E-state index is 13.8. The van der Waals surface area contributed by atoms with Crippen LogP contribution in [0.15, 0.2) is 106 Å². The number of ether oxygens (including phenoxy) is 3. The van der Waals surface area contributed by atoms with E-state index in [2.05, 4.69) is 11.7 Å². The Bertz CT molecular complexity index is 2150. The van der Waals surface area contributed by atoms with Crippen molar-refractivity contribution in [3.63, 3.8) is 0 Å². The molecular formula is C35H27Cl2N3O5. The third-order valence-electron chi connectivity index (χ3n) is 7.16. The fourth-order valence-corrected chi connectivity index (χ4v) is 5.47. The Kier molecular flexibility index (Phi) is 8.60. The van der Waals surface area contributed by atoms with E-state index >= 15 is 0 Å². The van der Waals surface area contributed by atoms with Gasteiger partial charge in [0.15, 0.2) is 17.3 Å². The third kappa shape index (κ3) is 6.02. The molecule has 2 heterocycles. The highest BCUT2D eigenvalue weighted by atomic mass is 35.5. The van der Waals surface area contributed by atoms with Gasteiger partial charge in [-0.3, -0.25) is 4.79 Å². The second-order valence-corrected chi connectivity index (χ2v) is 10.9. The molecule has 226 valence electrons. The van der Waals surface area contributed by atoms with Crippen molar-refractivity contribution >= 4 is 51.3 Å². The first kappa shape index (κ1) is 30.0. The van der Waals surface area contributed by atoms with E-state index in [0.717, 1.165) is 16.5 Å². The minimum absolute atomic E-state index is 0.202. The second-order valence-electron chi connectivity index (χ2n) is 10.0. The number of methoxy groups -OCH3 is 2. The van der Waals surface area contributed by atoms with E-state index < -0.39 is 0 Å². The van der Waals surface area contributed by atoms with Gasteiger partial charge in [0.1, 0.15) is 17.9 Å². The summed E-state index contributed by atoms with van der Waals surface area (Å²) in [7, 11) is 3.15. The van der Waals surface area contributed by atoms with Gasteiger partial charge in [-0.1, -0.05) is 53.5 Å². The first-order valence-electron chi connectivity index (χ1n) is 13.9. The third-order valence-corrected chi connectivity index (χ3v) is 7.75. The fraction of sp³-hybridized carbons (Fsp3) is 0.114. The van der Waals surface area contributed by atoms with Gasteiger partial charge in [-0.25, -0.2) is 4.98 Å². The molecule has 0 spiro atoms. The number of halogens is 2. The highest BCUT2D eigenvalue weighted by molar-refractivity contribution is 6.35. The molecular weight excluding hydrogens is 613 g/mol. The average Bonchev–Trinajstić information content (AvgIpc) is 3.49. The van der Waals surface area contributed by atoms with Gasteiger partial charge in [-0.2, -0.15) is 9.78 Å². The molecule has 8 nitrogen and oxygen atoms in total. The van der Waals surface area contributed by atoms with Gasteiger partial charge in [0.05, 0.1) is 36.7 Å². The van der Waals surface area contributed by atoms with Crippen molar-refractivity contribution in [2.45, 2.75) is 13.0 Å². The van der Waals surface area contributed by atoms with Crippen molar-refractivity contribution in [1.82, 2.24) is 9.66 Å². The van der Waals surface area contributed by atoms with Crippen LogP contribution in [0.5, 0.6) is 17.2 Å². The van der Waals surface area contributed by atoms with Crippen molar-refractivity contribution in [3.8, 4) is 28.8 Å². The van der Waals surface area contributed by atoms with Crippen LogP contribution < -0.4 is 19.8 Å². The number of para-hydroxylation sites is 1. The number of allylic oxidation sites excluding steroid dienone is 1. The predicted molar refractivity (Wildman–Crippen MR) is 178 cm³/mol. The van der Waals surface area contributed by atoms with Crippen LogP contribution in [0.1, 0.15) is 16.7 Å². The average molecular weight is 641 g/mol. The number of benzene rings is 4. The van der Waals surface area contributed by atoms with E-state index in [0.29, 0.717) is 61.5 Å². The molecule has 0 aliphatic carbocycles. The normalized spacial score (nSPS) is 11.4. The van der Waals surface area contributed by atoms with Gasteiger partial charge in [0, 0.05) is 21.2 Å². The smallest absolute Gasteiger partial charge is 0.282 e. The molecule has 2 aromatic heterocycles. The van der Waals surface area contributed by atoms with E-state index in [1.54, 1.807) is 69.0 Å². The molecule has 0 unspecified atom stereocenters. The van der Waals surface area contributed by atoms with Crippen molar-refractivity contribution in [2.24, 2.45) is 5.10 Å². The van der Waals surface area contributed by atoms with Crippen molar-refractivity contribution in [3.05, 3.63) is 129 Å². The Morgan fingerprint density at radius 3 is 2.53 bits per heavy atom. The Labute approximate surface area is 268 Å². The van der Waals surface area contributed by atoms with Crippen LogP contribution in [0.25, 0.3) is 33.5 Å². The summed E-state index contributed by atoms with van der Waals surface area (Å²) in [5, 5.41) is 6.82. The summed E-state index contributed by atoms with van der Waals surface area (Å²) >= 11 is 12.4. The van der Waals surface area contributed by atoms with Crippen LogP contribution in [0.3, 0.4) is 0 Å². The van der Waals surface area contributed by atoms with Gasteiger partial charge in [-0.05, 0) is 66.6 Å². The molecule has 6 rings (SSSR count). The molecule has 0 radical (unpaired) electrons. The van der Waals surface area contributed by atoms with Crippen LogP contribution in [-0.2, 0) is 13.0 Å². The molecule has 0 bridgehead atoms. The van der Waals surface area contributed by atoms with Crippen LogP contribution in [0.4, 0.5) is 0 Å². The molecule has 0 saturated heterocycles. The summed E-state index contributed by atoms with van der Waals surface area (Å²) in [4.78, 5) is 18.5. The Balaban J connectivity index is 1.43. The van der Waals surface area contributed by atoms with Crippen molar-refractivity contribution in [2.75, 3.05) is 14.2 Å². The summed E-state index contributed by atoms with van der Waals surface area (Å²) in [6.45, 7) is 4.10. The molecule has 0 aliphatic heterocycles. The number of hydrogen-bond acceptors (Lipinski definition) is 7. The van der Waals surface area contributed by atoms with Crippen molar-refractivity contribution in [1.29, 1.82) is 0 Å². The molecule has 4 aromatic carbocycles. The zero-order valence-corrected chi connectivity index (χ0v) is 25.9. The van der Waals surface area contributed by atoms with E-state index in [4.69, 9.17) is 46.8 Å². The van der Waals surface area contributed by atoms with Gasteiger partial charge in [0.2, 0.25) is 5.82 Å². The first-order valence-corrected chi connectivity index (χ1v) is 14.7. The van der Waals surface area contributed by atoms with E-state index in [1.807, 2.05) is 36.4 Å².